The number of methoxy groups -OCH3 is 1. The Kier molecular flexibility index (Phi) is 7.72. The summed E-state index contributed by atoms with van der Waals surface area (Å²) in [6.07, 6.45) is 3.88. The predicted molar refractivity (Wildman–Crippen MR) is 144 cm³/mol. The number of benzene rings is 3. The van der Waals surface area contributed by atoms with Gasteiger partial charge in [-0.05, 0) is 71.7 Å². The standard InChI is InChI=1S/C29H25N3O4S/c1-19-14-23-8-5-13-30-28(23)25(15-19)22-7-4-6-20(16-22)17-26(29-31-27(18-33-2)32-35-29)21-9-11-24(12-10-21)37-36-34-3/h4-17H,18H2,1-3H3/b26-17+. The minimum absolute atomic E-state index is 0.267. The predicted octanol–water partition coefficient (Wildman–Crippen LogP) is 6.91. The molecule has 0 bridgehead atoms. The van der Waals surface area contributed by atoms with Crippen LogP contribution in [0.15, 0.2) is 88.4 Å². The van der Waals surface area contributed by atoms with Gasteiger partial charge < -0.3 is 9.26 Å². The van der Waals surface area contributed by atoms with Crippen molar-refractivity contribution in [3.05, 3.63) is 107 Å². The van der Waals surface area contributed by atoms with Crippen molar-refractivity contribution in [2.24, 2.45) is 0 Å². The Morgan fingerprint density at radius 3 is 2.68 bits per heavy atom. The first-order valence-electron chi connectivity index (χ1n) is 11.6. The van der Waals surface area contributed by atoms with Gasteiger partial charge in [-0.2, -0.15) is 9.32 Å². The zero-order valence-corrected chi connectivity index (χ0v) is 21.5. The van der Waals surface area contributed by atoms with Crippen LogP contribution in [0.25, 0.3) is 33.7 Å². The molecule has 0 unspecified atom stereocenters. The largest absolute Gasteiger partial charge is 0.377 e. The molecule has 7 nitrogen and oxygen atoms in total. The summed E-state index contributed by atoms with van der Waals surface area (Å²) in [7, 11) is 3.07. The van der Waals surface area contributed by atoms with Gasteiger partial charge in [-0.1, -0.05) is 41.6 Å². The Labute approximate surface area is 219 Å². The van der Waals surface area contributed by atoms with E-state index in [1.807, 2.05) is 48.7 Å². The Hall–Kier alpha value is -3.82. The van der Waals surface area contributed by atoms with Crippen molar-refractivity contribution in [1.82, 2.24) is 15.1 Å². The molecular formula is C29H25N3O4S. The maximum atomic E-state index is 5.62. The molecule has 0 saturated carbocycles. The average molecular weight is 512 g/mol. The minimum atomic E-state index is 0.267. The number of nitrogens with zero attached hydrogens (tertiary/aromatic N) is 3. The van der Waals surface area contributed by atoms with E-state index in [-0.39, 0.29) is 6.61 Å². The number of hydrogen-bond acceptors (Lipinski definition) is 8. The van der Waals surface area contributed by atoms with Crippen LogP contribution in [0, 0.1) is 6.92 Å². The normalized spacial score (nSPS) is 11.8. The van der Waals surface area contributed by atoms with Crippen LogP contribution in [0.2, 0.25) is 0 Å². The van der Waals surface area contributed by atoms with E-state index in [1.54, 1.807) is 7.11 Å². The molecule has 0 radical (unpaired) electrons. The highest BCUT2D eigenvalue weighted by Gasteiger charge is 2.15. The zero-order valence-electron chi connectivity index (χ0n) is 20.7. The van der Waals surface area contributed by atoms with Crippen molar-refractivity contribution in [2.45, 2.75) is 18.4 Å². The van der Waals surface area contributed by atoms with Crippen molar-refractivity contribution in [3.63, 3.8) is 0 Å². The third kappa shape index (κ3) is 5.79. The summed E-state index contributed by atoms with van der Waals surface area (Å²) < 4.78 is 15.8. The lowest BCUT2D eigenvalue weighted by Crippen LogP contribution is -1.93. The first-order chi connectivity index (χ1) is 18.1. The van der Waals surface area contributed by atoms with Crippen LogP contribution in [0.1, 0.15) is 28.4 Å². The van der Waals surface area contributed by atoms with Crippen LogP contribution in [-0.4, -0.2) is 29.3 Å². The number of aromatic nitrogens is 3. The van der Waals surface area contributed by atoms with E-state index in [0.717, 1.165) is 55.7 Å². The highest BCUT2D eigenvalue weighted by Crippen LogP contribution is 2.32. The first kappa shape index (κ1) is 24.9. The van der Waals surface area contributed by atoms with Gasteiger partial charge in [0.05, 0.1) is 24.7 Å². The number of aryl methyl sites for hydroxylation is 1. The molecule has 8 heteroatoms. The molecule has 0 fully saturated rings. The second-order valence-electron chi connectivity index (χ2n) is 8.36. The topological polar surface area (TPSA) is 79.5 Å². The van der Waals surface area contributed by atoms with E-state index in [2.05, 4.69) is 63.3 Å². The van der Waals surface area contributed by atoms with Crippen LogP contribution in [-0.2, 0) is 20.6 Å². The van der Waals surface area contributed by atoms with Crippen molar-refractivity contribution in [1.29, 1.82) is 0 Å². The molecule has 0 atom stereocenters. The summed E-state index contributed by atoms with van der Waals surface area (Å²) in [5.74, 6) is 0.892. The van der Waals surface area contributed by atoms with Gasteiger partial charge in [0.25, 0.3) is 5.89 Å². The summed E-state index contributed by atoms with van der Waals surface area (Å²) in [5.41, 5.74) is 7.03. The number of hydrogen-bond donors (Lipinski definition) is 0. The molecule has 3 aromatic carbocycles. The van der Waals surface area contributed by atoms with Gasteiger partial charge in [0.2, 0.25) is 0 Å². The molecule has 0 amide bonds. The Morgan fingerprint density at radius 2 is 1.86 bits per heavy atom. The van der Waals surface area contributed by atoms with Gasteiger partial charge in [-0.25, -0.2) is 4.89 Å². The van der Waals surface area contributed by atoms with Crippen molar-refractivity contribution >= 4 is 34.6 Å². The average Bonchev–Trinajstić information content (AvgIpc) is 3.39. The fourth-order valence-corrected chi connectivity index (χ4v) is 4.50. The molecule has 2 heterocycles. The number of pyridine rings is 1. The van der Waals surface area contributed by atoms with E-state index < -0.39 is 0 Å². The lowest BCUT2D eigenvalue weighted by Gasteiger charge is -2.10. The smallest absolute Gasteiger partial charge is 0.258 e. The van der Waals surface area contributed by atoms with Gasteiger partial charge in [0, 0.05) is 34.7 Å². The summed E-state index contributed by atoms with van der Waals surface area (Å²) in [4.78, 5) is 14.8. The summed E-state index contributed by atoms with van der Waals surface area (Å²) in [6, 6.07) is 24.6. The SMILES string of the molecule is COCc1noc(/C(=C/c2cccc(-c3cc(C)cc4cccnc34)c2)c2ccc(SOOC)cc2)n1. The Morgan fingerprint density at radius 1 is 1.00 bits per heavy atom. The molecule has 186 valence electrons. The molecule has 2 aromatic heterocycles. The van der Waals surface area contributed by atoms with Crippen molar-refractivity contribution in [2.75, 3.05) is 14.2 Å². The molecular weight excluding hydrogens is 486 g/mol. The maximum Gasteiger partial charge on any atom is 0.258 e. The fraction of sp³-hybridized carbons (Fsp3) is 0.138. The van der Waals surface area contributed by atoms with Crippen LogP contribution in [0.3, 0.4) is 0 Å². The van der Waals surface area contributed by atoms with E-state index >= 15 is 0 Å². The number of fused-ring (bicyclic) bond motifs is 1. The lowest BCUT2D eigenvalue weighted by atomic mass is 9.96. The maximum absolute atomic E-state index is 5.62. The van der Waals surface area contributed by atoms with E-state index in [4.69, 9.17) is 13.6 Å². The zero-order chi connectivity index (χ0) is 25.6. The van der Waals surface area contributed by atoms with Crippen LogP contribution >= 0.6 is 12.0 Å². The van der Waals surface area contributed by atoms with E-state index in [9.17, 15) is 0 Å². The number of ether oxygens (including phenoxy) is 1. The van der Waals surface area contributed by atoms with Crippen LogP contribution in [0.5, 0.6) is 0 Å². The van der Waals surface area contributed by atoms with Crippen molar-refractivity contribution < 1.29 is 18.5 Å². The quantitative estimate of drug-likeness (QED) is 0.0914. The second-order valence-corrected chi connectivity index (χ2v) is 9.14. The highest BCUT2D eigenvalue weighted by molar-refractivity contribution is 7.94. The van der Waals surface area contributed by atoms with Gasteiger partial charge in [0.1, 0.15) is 6.61 Å². The molecule has 0 saturated heterocycles. The van der Waals surface area contributed by atoms with E-state index in [1.165, 1.54) is 12.7 Å². The fourth-order valence-electron chi connectivity index (χ4n) is 4.11. The van der Waals surface area contributed by atoms with Crippen LogP contribution < -0.4 is 0 Å². The van der Waals surface area contributed by atoms with Gasteiger partial charge >= 0.3 is 0 Å². The minimum Gasteiger partial charge on any atom is -0.377 e. The highest BCUT2D eigenvalue weighted by atomic mass is 32.2. The molecule has 5 rings (SSSR count). The van der Waals surface area contributed by atoms with Gasteiger partial charge in [-0.15, -0.1) is 0 Å². The molecule has 0 aliphatic carbocycles. The van der Waals surface area contributed by atoms with Crippen LogP contribution in [0.4, 0.5) is 0 Å². The third-order valence-electron chi connectivity index (χ3n) is 5.69. The van der Waals surface area contributed by atoms with Gasteiger partial charge in [0.15, 0.2) is 5.82 Å². The monoisotopic (exact) mass is 511 g/mol. The molecule has 0 N–H and O–H groups in total. The summed E-state index contributed by atoms with van der Waals surface area (Å²) in [6.45, 7) is 2.37. The summed E-state index contributed by atoms with van der Waals surface area (Å²) in [5, 5.41) is 5.18. The molecule has 5 aromatic rings. The molecule has 0 aliphatic rings. The molecule has 0 spiro atoms. The molecule has 0 aliphatic heterocycles. The summed E-state index contributed by atoms with van der Waals surface area (Å²) >= 11 is 1.14. The van der Waals surface area contributed by atoms with Gasteiger partial charge in [-0.3, -0.25) is 4.98 Å². The number of rotatable bonds is 9. The lowest BCUT2D eigenvalue weighted by molar-refractivity contribution is -0.160. The first-order valence-corrected chi connectivity index (χ1v) is 12.4. The Balaban J connectivity index is 1.58. The Bertz CT molecular complexity index is 1550. The molecule has 37 heavy (non-hydrogen) atoms. The third-order valence-corrected chi connectivity index (χ3v) is 6.36. The second kappa shape index (κ2) is 11.5. The van der Waals surface area contributed by atoms with Crippen molar-refractivity contribution in [3.8, 4) is 11.1 Å². The van der Waals surface area contributed by atoms with E-state index in [0.29, 0.717) is 11.7 Å².